The molecule has 0 unspecified atom stereocenters. The van der Waals surface area contributed by atoms with E-state index in [1.54, 1.807) is 24.3 Å². The van der Waals surface area contributed by atoms with Crippen molar-refractivity contribution in [3.05, 3.63) is 84.4 Å². The third-order valence-electron chi connectivity index (χ3n) is 5.67. The molecule has 0 fully saturated rings. The Kier molecular flexibility index (Phi) is 8.66. The van der Waals surface area contributed by atoms with Gasteiger partial charge in [0.05, 0.1) is 16.1 Å². The molecule has 0 aliphatic carbocycles. The zero-order valence-electron chi connectivity index (χ0n) is 19.0. The van der Waals surface area contributed by atoms with E-state index < -0.39 is 16.0 Å². The molecule has 174 valence electrons. The number of nitrogens with zero attached hydrogens (tertiary/aromatic N) is 1. The summed E-state index contributed by atoms with van der Waals surface area (Å²) < 4.78 is 28.5. The van der Waals surface area contributed by atoms with Crippen LogP contribution in [0.3, 0.4) is 0 Å². The second kappa shape index (κ2) is 11.7. The maximum absolute atomic E-state index is 13.6. The number of anilines is 1. The molecule has 0 bridgehead atoms. The van der Waals surface area contributed by atoms with E-state index in [9.17, 15) is 18.3 Å². The lowest BCUT2D eigenvalue weighted by atomic mass is 10.1. The molecule has 0 saturated heterocycles. The molecule has 0 radical (unpaired) electrons. The van der Waals surface area contributed by atoms with Crippen molar-refractivity contribution >= 4 is 21.7 Å². The minimum Gasteiger partial charge on any atom is -0.478 e. The van der Waals surface area contributed by atoms with Crippen LogP contribution in [0.2, 0.25) is 0 Å². The van der Waals surface area contributed by atoms with Crippen LogP contribution in [0.5, 0.6) is 0 Å². The molecule has 3 aromatic rings. The summed E-state index contributed by atoms with van der Waals surface area (Å²) in [5.41, 5.74) is 2.57. The Bertz CT molecular complexity index is 1130. The Morgan fingerprint density at radius 1 is 0.758 bits per heavy atom. The summed E-state index contributed by atoms with van der Waals surface area (Å²) in [6.07, 6.45) is 6.27. The van der Waals surface area contributed by atoms with Crippen LogP contribution in [0, 0.1) is 0 Å². The standard InChI is InChI=1S/C27H31NO4S/c1-2-3-4-5-6-10-21-28(25-17-13-24(14-18-25)27(29)30)33(31,32)26-19-15-23(16-20-26)22-11-8-7-9-12-22/h7-9,11-20H,2-6,10,21H2,1H3,(H,29,30). The minimum atomic E-state index is -3.80. The normalized spacial score (nSPS) is 11.3. The Morgan fingerprint density at radius 2 is 1.33 bits per heavy atom. The van der Waals surface area contributed by atoms with Gasteiger partial charge >= 0.3 is 5.97 Å². The Labute approximate surface area is 196 Å². The highest BCUT2D eigenvalue weighted by Gasteiger charge is 2.25. The van der Waals surface area contributed by atoms with Gasteiger partial charge in [-0.25, -0.2) is 13.2 Å². The molecule has 0 aliphatic rings. The molecule has 1 N–H and O–H groups in total. The van der Waals surface area contributed by atoms with Crippen molar-refractivity contribution in [2.45, 2.75) is 50.3 Å². The first kappa shape index (κ1) is 24.5. The van der Waals surface area contributed by atoms with Gasteiger partial charge < -0.3 is 5.11 Å². The summed E-state index contributed by atoms with van der Waals surface area (Å²) in [6, 6.07) is 22.7. The van der Waals surface area contributed by atoms with Gasteiger partial charge in [0, 0.05) is 6.54 Å². The molecule has 3 aromatic carbocycles. The molecular formula is C27H31NO4S. The molecular weight excluding hydrogens is 434 g/mol. The van der Waals surface area contributed by atoms with Crippen LogP contribution in [-0.4, -0.2) is 26.0 Å². The molecule has 6 heteroatoms. The molecule has 0 heterocycles. The monoisotopic (exact) mass is 465 g/mol. The van der Waals surface area contributed by atoms with Gasteiger partial charge in [0.2, 0.25) is 0 Å². The summed E-state index contributed by atoms with van der Waals surface area (Å²) in [5, 5.41) is 9.18. The number of aromatic carboxylic acids is 1. The van der Waals surface area contributed by atoms with E-state index in [1.165, 1.54) is 22.9 Å². The van der Waals surface area contributed by atoms with E-state index in [2.05, 4.69) is 6.92 Å². The highest BCUT2D eigenvalue weighted by Crippen LogP contribution is 2.27. The van der Waals surface area contributed by atoms with Gasteiger partial charge in [-0.2, -0.15) is 0 Å². The summed E-state index contributed by atoms with van der Waals surface area (Å²) >= 11 is 0. The second-order valence-corrected chi connectivity index (χ2v) is 9.95. The summed E-state index contributed by atoms with van der Waals surface area (Å²) in [5.74, 6) is -1.04. The molecule has 3 rings (SSSR count). The predicted octanol–water partition coefficient (Wildman–Crippen LogP) is 6.61. The van der Waals surface area contributed by atoms with Crippen molar-refractivity contribution < 1.29 is 18.3 Å². The number of carboxylic acid groups (broad SMARTS) is 1. The quantitative estimate of drug-likeness (QED) is 0.306. The number of carboxylic acids is 1. The molecule has 33 heavy (non-hydrogen) atoms. The molecule has 0 saturated carbocycles. The minimum absolute atomic E-state index is 0.128. The lowest BCUT2D eigenvalue weighted by molar-refractivity contribution is 0.0697. The SMILES string of the molecule is CCCCCCCCN(c1ccc(C(=O)O)cc1)S(=O)(=O)c1ccc(-c2ccccc2)cc1. The summed E-state index contributed by atoms with van der Waals surface area (Å²) in [4.78, 5) is 11.4. The number of rotatable bonds is 12. The first-order valence-electron chi connectivity index (χ1n) is 11.4. The van der Waals surface area contributed by atoms with E-state index >= 15 is 0 Å². The van der Waals surface area contributed by atoms with Crippen molar-refractivity contribution in [1.29, 1.82) is 0 Å². The predicted molar refractivity (Wildman–Crippen MR) is 133 cm³/mol. The highest BCUT2D eigenvalue weighted by atomic mass is 32.2. The maximum Gasteiger partial charge on any atom is 0.335 e. The average molecular weight is 466 g/mol. The number of benzene rings is 3. The van der Waals surface area contributed by atoms with E-state index in [0.717, 1.165) is 43.2 Å². The number of sulfonamides is 1. The van der Waals surface area contributed by atoms with Gasteiger partial charge in [0.15, 0.2) is 0 Å². The largest absolute Gasteiger partial charge is 0.478 e. The van der Waals surface area contributed by atoms with Crippen molar-refractivity contribution in [3.8, 4) is 11.1 Å². The lowest BCUT2D eigenvalue weighted by Gasteiger charge is -2.25. The first-order valence-corrected chi connectivity index (χ1v) is 12.9. The van der Waals surface area contributed by atoms with Gasteiger partial charge in [-0.3, -0.25) is 4.31 Å². The van der Waals surface area contributed by atoms with Gasteiger partial charge in [-0.15, -0.1) is 0 Å². The first-order chi connectivity index (χ1) is 15.9. The van der Waals surface area contributed by atoms with Crippen LogP contribution >= 0.6 is 0 Å². The van der Waals surface area contributed by atoms with Crippen LogP contribution in [0.15, 0.2) is 83.8 Å². The van der Waals surface area contributed by atoms with Crippen LogP contribution in [0.4, 0.5) is 5.69 Å². The van der Waals surface area contributed by atoms with Crippen LogP contribution in [0.1, 0.15) is 55.8 Å². The summed E-state index contributed by atoms with van der Waals surface area (Å²) in [7, 11) is -3.80. The number of hydrogen-bond acceptors (Lipinski definition) is 3. The van der Waals surface area contributed by atoms with Crippen LogP contribution < -0.4 is 4.31 Å². The zero-order valence-corrected chi connectivity index (χ0v) is 19.8. The Hall–Kier alpha value is -3.12. The molecule has 0 amide bonds. The van der Waals surface area contributed by atoms with E-state index in [0.29, 0.717) is 12.2 Å². The van der Waals surface area contributed by atoms with Crippen molar-refractivity contribution in [2.24, 2.45) is 0 Å². The Morgan fingerprint density at radius 3 is 1.94 bits per heavy atom. The fourth-order valence-corrected chi connectivity index (χ4v) is 5.27. The maximum atomic E-state index is 13.6. The third kappa shape index (κ3) is 6.45. The fourth-order valence-electron chi connectivity index (χ4n) is 3.77. The lowest BCUT2D eigenvalue weighted by Crippen LogP contribution is -2.32. The average Bonchev–Trinajstić information content (AvgIpc) is 2.84. The van der Waals surface area contributed by atoms with Gasteiger partial charge in [-0.1, -0.05) is 81.5 Å². The third-order valence-corrected chi connectivity index (χ3v) is 7.51. The van der Waals surface area contributed by atoms with Crippen molar-refractivity contribution in [2.75, 3.05) is 10.8 Å². The summed E-state index contributed by atoms with van der Waals surface area (Å²) in [6.45, 7) is 2.51. The molecule has 0 spiro atoms. The highest BCUT2D eigenvalue weighted by molar-refractivity contribution is 7.92. The number of unbranched alkanes of at least 4 members (excludes halogenated alkanes) is 5. The van der Waals surface area contributed by atoms with Gasteiger partial charge in [-0.05, 0) is 53.9 Å². The number of hydrogen-bond donors (Lipinski definition) is 1. The fraction of sp³-hybridized carbons (Fsp3) is 0.296. The van der Waals surface area contributed by atoms with Crippen molar-refractivity contribution in [1.82, 2.24) is 0 Å². The Balaban J connectivity index is 1.84. The topological polar surface area (TPSA) is 74.7 Å². The van der Waals surface area contributed by atoms with E-state index in [-0.39, 0.29) is 10.5 Å². The van der Waals surface area contributed by atoms with Crippen LogP contribution in [-0.2, 0) is 10.0 Å². The van der Waals surface area contributed by atoms with Gasteiger partial charge in [0.25, 0.3) is 10.0 Å². The van der Waals surface area contributed by atoms with E-state index in [4.69, 9.17) is 0 Å². The number of carbonyl (C=O) groups is 1. The second-order valence-electron chi connectivity index (χ2n) is 8.09. The zero-order chi connectivity index (χ0) is 23.7. The molecule has 0 aromatic heterocycles. The van der Waals surface area contributed by atoms with E-state index in [1.807, 2.05) is 42.5 Å². The van der Waals surface area contributed by atoms with Crippen molar-refractivity contribution in [3.63, 3.8) is 0 Å². The smallest absolute Gasteiger partial charge is 0.335 e. The molecule has 0 aliphatic heterocycles. The molecule has 5 nitrogen and oxygen atoms in total. The van der Waals surface area contributed by atoms with Gasteiger partial charge in [0.1, 0.15) is 0 Å². The van der Waals surface area contributed by atoms with Crippen LogP contribution in [0.25, 0.3) is 11.1 Å². The molecule has 0 atom stereocenters.